The molecule has 164 valence electrons. The number of benzene rings is 1. The summed E-state index contributed by atoms with van der Waals surface area (Å²) in [5.41, 5.74) is 1.46. The van der Waals surface area contributed by atoms with Crippen LogP contribution in [0.3, 0.4) is 0 Å². The second-order valence-electron chi connectivity index (χ2n) is 7.05. The van der Waals surface area contributed by atoms with Gasteiger partial charge in [0.05, 0.1) is 17.3 Å². The number of rotatable bonds is 5. The third-order valence-electron chi connectivity index (χ3n) is 4.97. The number of ether oxygens (including phenoxy) is 1. The van der Waals surface area contributed by atoms with Gasteiger partial charge in [0.1, 0.15) is 6.33 Å². The van der Waals surface area contributed by atoms with E-state index in [1.165, 1.54) is 29.8 Å². The Labute approximate surface area is 183 Å². The van der Waals surface area contributed by atoms with Crippen molar-refractivity contribution in [1.82, 2.24) is 20.0 Å². The lowest BCUT2D eigenvalue weighted by Gasteiger charge is -2.30. The number of hydrogen-bond acceptors (Lipinski definition) is 10. The Morgan fingerprint density at radius 1 is 1.19 bits per heavy atom. The molecule has 1 aromatic carbocycles. The van der Waals surface area contributed by atoms with Gasteiger partial charge in [-0.2, -0.15) is 4.98 Å². The molecule has 1 amide bonds. The number of carbonyl (C=O) groups is 1. The van der Waals surface area contributed by atoms with E-state index in [9.17, 15) is 13.2 Å². The molecular weight excluding hydrogens is 442 g/mol. The summed E-state index contributed by atoms with van der Waals surface area (Å²) in [6.45, 7) is 2.56. The molecule has 0 unspecified atom stereocenters. The predicted octanol–water partition coefficient (Wildman–Crippen LogP) is 2.81. The highest BCUT2D eigenvalue weighted by atomic mass is 32.2. The second-order valence-corrected chi connectivity index (χ2v) is 10.3. The van der Waals surface area contributed by atoms with Gasteiger partial charge in [0, 0.05) is 13.1 Å². The van der Waals surface area contributed by atoms with Gasteiger partial charge in [-0.15, -0.1) is 5.06 Å². The highest BCUT2D eigenvalue weighted by molar-refractivity contribution is 7.92. The number of methoxy groups -OCH3 is 1. The number of sulfone groups is 1. The van der Waals surface area contributed by atoms with Crippen molar-refractivity contribution in [3.63, 3.8) is 0 Å². The van der Waals surface area contributed by atoms with Gasteiger partial charge in [-0.05, 0) is 31.9 Å². The van der Waals surface area contributed by atoms with Crippen LogP contribution in [0.25, 0.3) is 10.3 Å². The van der Waals surface area contributed by atoms with Gasteiger partial charge in [0.2, 0.25) is 5.88 Å². The van der Waals surface area contributed by atoms with Gasteiger partial charge in [-0.25, -0.2) is 23.2 Å². The van der Waals surface area contributed by atoms with Crippen molar-refractivity contribution in [1.29, 1.82) is 0 Å². The molecule has 0 spiro atoms. The lowest BCUT2D eigenvalue weighted by atomic mass is 10.1. The van der Waals surface area contributed by atoms with Crippen molar-refractivity contribution in [2.45, 2.75) is 29.9 Å². The number of nitrogens with zero attached hydrogens (tertiary/aromatic N) is 4. The van der Waals surface area contributed by atoms with Crippen molar-refractivity contribution in [2.75, 3.05) is 25.5 Å². The summed E-state index contributed by atoms with van der Waals surface area (Å²) < 4.78 is 30.8. The average molecular weight is 464 g/mol. The number of anilines is 1. The quantitative estimate of drug-likeness (QED) is 0.608. The van der Waals surface area contributed by atoms with Crippen LogP contribution in [0.1, 0.15) is 18.4 Å². The number of nitrogens with one attached hydrogen (secondary N) is 1. The molecule has 3 aromatic rings. The zero-order valence-corrected chi connectivity index (χ0v) is 18.6. The molecule has 2 aromatic heterocycles. The predicted molar refractivity (Wildman–Crippen MR) is 115 cm³/mol. The first-order valence-corrected chi connectivity index (χ1v) is 11.9. The first-order valence-electron chi connectivity index (χ1n) is 9.57. The third-order valence-corrected chi connectivity index (χ3v) is 8.12. The zero-order valence-electron chi connectivity index (χ0n) is 16.9. The number of aryl methyl sites for hydroxylation is 1. The minimum absolute atomic E-state index is 0.302. The zero-order chi connectivity index (χ0) is 22.0. The maximum atomic E-state index is 12.8. The van der Waals surface area contributed by atoms with Gasteiger partial charge in [0.15, 0.2) is 25.3 Å². The van der Waals surface area contributed by atoms with E-state index in [1.807, 2.05) is 6.92 Å². The van der Waals surface area contributed by atoms with Gasteiger partial charge >= 0.3 is 6.09 Å². The van der Waals surface area contributed by atoms with E-state index < -0.39 is 21.2 Å². The molecule has 10 nitrogen and oxygen atoms in total. The number of aromatic nitrogens is 3. The lowest BCUT2D eigenvalue weighted by Crippen LogP contribution is -2.41. The Bertz CT molecular complexity index is 1190. The Morgan fingerprint density at radius 3 is 2.58 bits per heavy atom. The molecule has 1 fully saturated rings. The number of hydrogen-bond donors (Lipinski definition) is 1. The number of thiazole rings is 1. The smallest absolute Gasteiger partial charge is 0.432 e. The first-order chi connectivity index (χ1) is 14.9. The second kappa shape index (κ2) is 8.73. The van der Waals surface area contributed by atoms with E-state index in [-0.39, 0.29) is 0 Å². The summed E-state index contributed by atoms with van der Waals surface area (Å²) in [7, 11) is -1.94. The number of amides is 1. The fourth-order valence-corrected chi connectivity index (χ4v) is 5.83. The molecule has 4 rings (SSSR count). The fraction of sp³-hybridized carbons (Fsp3) is 0.368. The van der Waals surface area contributed by atoms with Crippen molar-refractivity contribution in [3.05, 3.63) is 36.2 Å². The van der Waals surface area contributed by atoms with Gasteiger partial charge in [-0.1, -0.05) is 29.0 Å². The summed E-state index contributed by atoms with van der Waals surface area (Å²) in [6, 6.07) is 6.86. The monoisotopic (exact) mass is 463 g/mol. The van der Waals surface area contributed by atoms with Crippen LogP contribution in [-0.2, 0) is 14.7 Å². The molecule has 1 saturated heterocycles. The third kappa shape index (κ3) is 4.60. The van der Waals surface area contributed by atoms with Crippen molar-refractivity contribution in [2.24, 2.45) is 0 Å². The highest BCUT2D eigenvalue weighted by Crippen LogP contribution is 2.29. The fourth-order valence-electron chi connectivity index (χ4n) is 3.32. The van der Waals surface area contributed by atoms with Gasteiger partial charge < -0.3 is 9.57 Å². The molecule has 1 N–H and O–H groups in total. The summed E-state index contributed by atoms with van der Waals surface area (Å²) in [6.07, 6.45) is 1.40. The minimum Gasteiger partial charge on any atom is -0.479 e. The van der Waals surface area contributed by atoms with Crippen molar-refractivity contribution >= 4 is 42.7 Å². The molecule has 3 heterocycles. The number of carbonyl (C=O) groups excluding carboxylic acids is 1. The van der Waals surface area contributed by atoms with E-state index in [2.05, 4.69) is 20.3 Å². The van der Waals surface area contributed by atoms with Gasteiger partial charge in [0.25, 0.3) is 0 Å². The average Bonchev–Trinajstić information content (AvgIpc) is 3.16. The van der Waals surface area contributed by atoms with E-state index in [4.69, 9.17) is 9.57 Å². The summed E-state index contributed by atoms with van der Waals surface area (Å²) in [4.78, 5) is 30.8. The Kier molecular flexibility index (Phi) is 6.03. The SMILES string of the molecule is COc1ncnc2sc(NC(=O)ON3CCC(S(=O)(=O)c4ccc(C)cc4)CC3)nc12. The van der Waals surface area contributed by atoms with Crippen LogP contribution in [0.4, 0.5) is 9.93 Å². The normalized spacial score (nSPS) is 15.7. The van der Waals surface area contributed by atoms with Crippen LogP contribution in [0.5, 0.6) is 5.88 Å². The Morgan fingerprint density at radius 2 is 1.90 bits per heavy atom. The summed E-state index contributed by atoms with van der Waals surface area (Å²) in [5.74, 6) is 0.319. The maximum Gasteiger partial charge on any atom is 0.432 e. The van der Waals surface area contributed by atoms with Crippen LogP contribution < -0.4 is 10.1 Å². The van der Waals surface area contributed by atoms with Crippen LogP contribution in [0.2, 0.25) is 0 Å². The van der Waals surface area contributed by atoms with E-state index in [1.54, 1.807) is 24.3 Å². The molecule has 0 atom stereocenters. The molecule has 1 aliphatic heterocycles. The van der Waals surface area contributed by atoms with Crippen LogP contribution in [0, 0.1) is 6.92 Å². The molecule has 12 heteroatoms. The summed E-state index contributed by atoms with van der Waals surface area (Å²) >= 11 is 1.17. The van der Waals surface area contributed by atoms with E-state index in [0.29, 0.717) is 52.2 Å². The molecule has 0 bridgehead atoms. The Hall–Kier alpha value is -2.83. The largest absolute Gasteiger partial charge is 0.479 e. The van der Waals surface area contributed by atoms with Crippen LogP contribution in [-0.4, -0.2) is 60.0 Å². The molecule has 0 aliphatic carbocycles. The Balaban J connectivity index is 1.33. The molecule has 31 heavy (non-hydrogen) atoms. The van der Waals surface area contributed by atoms with Crippen LogP contribution in [0.15, 0.2) is 35.5 Å². The van der Waals surface area contributed by atoms with E-state index >= 15 is 0 Å². The number of fused-ring (bicyclic) bond motifs is 1. The van der Waals surface area contributed by atoms with Gasteiger partial charge in [-0.3, -0.25) is 5.32 Å². The highest BCUT2D eigenvalue weighted by Gasteiger charge is 2.32. The number of hydroxylamine groups is 2. The molecular formula is C19H21N5O5S2. The van der Waals surface area contributed by atoms with Crippen LogP contribution >= 0.6 is 11.3 Å². The number of piperidine rings is 1. The molecule has 1 aliphatic rings. The first kappa shape index (κ1) is 21.4. The molecule has 0 radical (unpaired) electrons. The maximum absolute atomic E-state index is 12.8. The standard InChI is InChI=1S/C19H21N5O5S2/c1-12-3-5-13(6-4-12)31(26,27)14-7-9-24(10-8-14)29-19(25)23-18-22-15-16(28-2)20-11-21-17(15)30-18/h3-6,11,14H,7-10H2,1-2H3,(H,22,23,25). The topological polar surface area (TPSA) is 124 Å². The van der Waals surface area contributed by atoms with Crippen molar-refractivity contribution < 1.29 is 22.8 Å². The summed E-state index contributed by atoms with van der Waals surface area (Å²) in [5, 5.41) is 3.82. The van der Waals surface area contributed by atoms with E-state index in [0.717, 1.165) is 5.56 Å². The van der Waals surface area contributed by atoms with Crippen molar-refractivity contribution in [3.8, 4) is 5.88 Å². The minimum atomic E-state index is -3.42. The molecule has 0 saturated carbocycles. The lowest BCUT2D eigenvalue weighted by molar-refractivity contribution is -0.104.